The van der Waals surface area contributed by atoms with Gasteiger partial charge in [0.25, 0.3) is 0 Å². The van der Waals surface area contributed by atoms with E-state index in [0.717, 1.165) is 16.8 Å². The average Bonchev–Trinajstić information content (AvgIpc) is 2.46. The summed E-state index contributed by atoms with van der Waals surface area (Å²) in [5, 5.41) is 2.83. The van der Waals surface area contributed by atoms with Gasteiger partial charge in [0, 0.05) is 18.8 Å². The molecule has 0 saturated carbocycles. The lowest BCUT2D eigenvalue weighted by atomic mass is 10.2. The molecule has 0 atom stereocenters. The molecular formula is C18H27N3O2. The molecule has 126 valence electrons. The third-order valence-electron chi connectivity index (χ3n) is 3.35. The number of aryl methyl sites for hydroxylation is 1. The monoisotopic (exact) mass is 317 g/mol. The van der Waals surface area contributed by atoms with E-state index >= 15 is 0 Å². The second-order valence-corrected chi connectivity index (χ2v) is 5.95. The van der Waals surface area contributed by atoms with Gasteiger partial charge in [0.2, 0.25) is 11.8 Å². The molecule has 1 aromatic carbocycles. The standard InChI is InChI=1S/C18H27N3O2/c1-6-21(11-14(2)3)18(23)13-20(5)12-17(22)19-16-9-7-15(4)8-10-16/h7-10H,2,6,11-13H2,1,3-5H3,(H,19,22). The molecule has 0 aromatic heterocycles. The fourth-order valence-corrected chi connectivity index (χ4v) is 2.17. The van der Waals surface area contributed by atoms with Gasteiger partial charge in [-0.2, -0.15) is 0 Å². The van der Waals surface area contributed by atoms with Crippen LogP contribution in [-0.4, -0.2) is 54.8 Å². The highest BCUT2D eigenvalue weighted by atomic mass is 16.2. The fourth-order valence-electron chi connectivity index (χ4n) is 2.17. The molecule has 0 spiro atoms. The van der Waals surface area contributed by atoms with Crippen LogP contribution in [0.5, 0.6) is 0 Å². The van der Waals surface area contributed by atoms with Gasteiger partial charge in [-0.05, 0) is 40.0 Å². The number of carbonyl (C=O) groups excluding carboxylic acids is 2. The molecule has 2 amide bonds. The Labute approximate surface area is 139 Å². The van der Waals surface area contributed by atoms with E-state index in [2.05, 4.69) is 11.9 Å². The molecule has 1 rings (SSSR count). The van der Waals surface area contributed by atoms with E-state index in [1.54, 1.807) is 16.8 Å². The van der Waals surface area contributed by atoms with E-state index in [4.69, 9.17) is 0 Å². The number of anilines is 1. The first-order chi connectivity index (χ1) is 10.8. The zero-order valence-corrected chi connectivity index (χ0v) is 14.6. The second kappa shape index (κ2) is 9.10. The number of carbonyl (C=O) groups is 2. The summed E-state index contributed by atoms with van der Waals surface area (Å²) in [5.74, 6) is -0.131. The second-order valence-electron chi connectivity index (χ2n) is 5.95. The van der Waals surface area contributed by atoms with Crippen molar-refractivity contribution in [2.45, 2.75) is 20.8 Å². The lowest BCUT2D eigenvalue weighted by molar-refractivity contribution is -0.131. The molecule has 0 fully saturated rings. The van der Waals surface area contributed by atoms with Crippen LogP contribution in [0.15, 0.2) is 36.4 Å². The Morgan fingerprint density at radius 2 is 1.74 bits per heavy atom. The van der Waals surface area contributed by atoms with E-state index in [1.165, 1.54) is 0 Å². The molecule has 1 N–H and O–H groups in total. The minimum atomic E-state index is -0.132. The van der Waals surface area contributed by atoms with Crippen LogP contribution in [0.2, 0.25) is 0 Å². The van der Waals surface area contributed by atoms with Crippen molar-refractivity contribution in [1.82, 2.24) is 9.80 Å². The number of benzene rings is 1. The van der Waals surface area contributed by atoms with E-state index < -0.39 is 0 Å². The minimum Gasteiger partial charge on any atom is -0.338 e. The van der Waals surface area contributed by atoms with Gasteiger partial charge in [-0.15, -0.1) is 0 Å². The highest BCUT2D eigenvalue weighted by Gasteiger charge is 2.15. The quantitative estimate of drug-likeness (QED) is 0.749. The summed E-state index contributed by atoms with van der Waals surface area (Å²) >= 11 is 0. The zero-order valence-electron chi connectivity index (χ0n) is 14.6. The van der Waals surface area contributed by atoms with Crippen LogP contribution in [0.25, 0.3) is 0 Å². The van der Waals surface area contributed by atoms with Crippen molar-refractivity contribution in [3.8, 4) is 0 Å². The van der Waals surface area contributed by atoms with Gasteiger partial charge in [-0.25, -0.2) is 0 Å². The fraction of sp³-hybridized carbons (Fsp3) is 0.444. The molecule has 0 aliphatic carbocycles. The topological polar surface area (TPSA) is 52.7 Å². The molecule has 0 aliphatic heterocycles. The Morgan fingerprint density at radius 3 is 2.26 bits per heavy atom. The van der Waals surface area contributed by atoms with Crippen molar-refractivity contribution in [2.24, 2.45) is 0 Å². The van der Waals surface area contributed by atoms with Crippen molar-refractivity contribution >= 4 is 17.5 Å². The maximum absolute atomic E-state index is 12.2. The highest BCUT2D eigenvalue weighted by molar-refractivity contribution is 5.92. The smallest absolute Gasteiger partial charge is 0.238 e. The van der Waals surface area contributed by atoms with E-state index in [1.807, 2.05) is 45.0 Å². The molecule has 1 aromatic rings. The lowest BCUT2D eigenvalue weighted by Crippen LogP contribution is -2.41. The van der Waals surface area contributed by atoms with Gasteiger partial charge < -0.3 is 10.2 Å². The number of likely N-dealkylation sites (N-methyl/N-ethyl adjacent to an activating group) is 2. The summed E-state index contributed by atoms with van der Waals surface area (Å²) < 4.78 is 0. The minimum absolute atomic E-state index is 0.00105. The van der Waals surface area contributed by atoms with Crippen LogP contribution in [0.3, 0.4) is 0 Å². The van der Waals surface area contributed by atoms with Gasteiger partial charge in [0.05, 0.1) is 13.1 Å². The molecule has 0 unspecified atom stereocenters. The summed E-state index contributed by atoms with van der Waals surface area (Å²) in [5.41, 5.74) is 2.85. The Bertz CT molecular complexity index is 552. The first-order valence-electron chi connectivity index (χ1n) is 7.79. The number of nitrogens with zero attached hydrogens (tertiary/aromatic N) is 2. The van der Waals surface area contributed by atoms with Crippen molar-refractivity contribution in [3.05, 3.63) is 42.0 Å². The van der Waals surface area contributed by atoms with Crippen LogP contribution >= 0.6 is 0 Å². The van der Waals surface area contributed by atoms with Crippen LogP contribution in [0.1, 0.15) is 19.4 Å². The first-order valence-corrected chi connectivity index (χ1v) is 7.79. The predicted octanol–water partition coefficient (Wildman–Crippen LogP) is 2.29. The average molecular weight is 317 g/mol. The molecule has 0 aliphatic rings. The van der Waals surface area contributed by atoms with Gasteiger partial charge in [-0.3, -0.25) is 14.5 Å². The van der Waals surface area contributed by atoms with Gasteiger partial charge in [0.1, 0.15) is 0 Å². The third-order valence-corrected chi connectivity index (χ3v) is 3.35. The molecular weight excluding hydrogens is 290 g/mol. The number of amides is 2. The molecule has 0 heterocycles. The Hall–Kier alpha value is -2.14. The summed E-state index contributed by atoms with van der Waals surface area (Å²) in [7, 11) is 1.77. The number of rotatable bonds is 8. The van der Waals surface area contributed by atoms with Crippen LogP contribution in [0.4, 0.5) is 5.69 Å². The lowest BCUT2D eigenvalue weighted by Gasteiger charge is -2.24. The molecule has 5 nitrogen and oxygen atoms in total. The molecule has 23 heavy (non-hydrogen) atoms. The molecule has 0 bridgehead atoms. The third kappa shape index (κ3) is 7.10. The van der Waals surface area contributed by atoms with Gasteiger partial charge >= 0.3 is 0 Å². The summed E-state index contributed by atoms with van der Waals surface area (Å²) in [6.07, 6.45) is 0. The van der Waals surface area contributed by atoms with Crippen LogP contribution in [-0.2, 0) is 9.59 Å². The summed E-state index contributed by atoms with van der Waals surface area (Å²) in [6.45, 7) is 11.2. The van der Waals surface area contributed by atoms with Crippen molar-refractivity contribution < 1.29 is 9.59 Å². The largest absolute Gasteiger partial charge is 0.338 e. The Morgan fingerprint density at radius 1 is 1.13 bits per heavy atom. The predicted molar refractivity (Wildman–Crippen MR) is 94.4 cm³/mol. The van der Waals surface area contributed by atoms with Gasteiger partial charge in [0.15, 0.2) is 0 Å². The van der Waals surface area contributed by atoms with Crippen LogP contribution < -0.4 is 5.32 Å². The summed E-state index contributed by atoms with van der Waals surface area (Å²) in [4.78, 5) is 27.7. The first kappa shape index (κ1) is 18.9. The maximum Gasteiger partial charge on any atom is 0.238 e. The Balaban J connectivity index is 2.46. The normalized spacial score (nSPS) is 10.5. The van der Waals surface area contributed by atoms with Crippen molar-refractivity contribution in [1.29, 1.82) is 0 Å². The van der Waals surface area contributed by atoms with Crippen molar-refractivity contribution in [2.75, 3.05) is 38.5 Å². The summed E-state index contributed by atoms with van der Waals surface area (Å²) in [6, 6.07) is 7.62. The maximum atomic E-state index is 12.2. The molecule has 0 radical (unpaired) electrons. The van der Waals surface area contributed by atoms with Crippen LogP contribution in [0, 0.1) is 6.92 Å². The molecule has 5 heteroatoms. The van der Waals surface area contributed by atoms with E-state index in [-0.39, 0.29) is 24.9 Å². The van der Waals surface area contributed by atoms with Gasteiger partial charge in [-0.1, -0.05) is 29.8 Å². The van der Waals surface area contributed by atoms with E-state index in [9.17, 15) is 9.59 Å². The Kier molecular flexibility index (Phi) is 7.48. The molecule has 0 saturated heterocycles. The number of hydrogen-bond donors (Lipinski definition) is 1. The number of hydrogen-bond acceptors (Lipinski definition) is 3. The SMILES string of the molecule is C=C(C)CN(CC)C(=O)CN(C)CC(=O)Nc1ccc(C)cc1. The van der Waals surface area contributed by atoms with Crippen molar-refractivity contribution in [3.63, 3.8) is 0 Å². The zero-order chi connectivity index (χ0) is 17.4. The highest BCUT2D eigenvalue weighted by Crippen LogP contribution is 2.08. The van der Waals surface area contributed by atoms with E-state index in [0.29, 0.717) is 13.1 Å². The number of nitrogens with one attached hydrogen (secondary N) is 1.